The largest absolute Gasteiger partial charge is 0.466 e. The Bertz CT molecular complexity index is 431. The van der Waals surface area contributed by atoms with Crippen LogP contribution in [0.1, 0.15) is 22.0 Å². The van der Waals surface area contributed by atoms with Crippen molar-refractivity contribution in [1.29, 1.82) is 0 Å². The molecule has 0 saturated heterocycles. The summed E-state index contributed by atoms with van der Waals surface area (Å²) in [6, 6.07) is 6.39. The topological polar surface area (TPSA) is 25.2 Å². The fourth-order valence-electron chi connectivity index (χ4n) is 1.75. The quantitative estimate of drug-likeness (QED) is 0.804. The minimum Gasteiger partial charge on any atom is -0.466 e. The highest BCUT2D eigenvalue weighted by molar-refractivity contribution is 7.09. The highest BCUT2D eigenvalue weighted by Crippen LogP contribution is 2.13. The lowest BCUT2D eigenvalue weighted by Gasteiger charge is -2.02. The fraction of sp³-hybridized carbons (Fsp3) is 0.385. The van der Waals surface area contributed by atoms with Crippen LogP contribution in [-0.4, -0.2) is 6.54 Å². The lowest BCUT2D eigenvalue weighted by molar-refractivity contribution is 0.499. The monoisotopic (exact) mass is 235 g/mol. The van der Waals surface area contributed by atoms with E-state index in [0.717, 1.165) is 31.0 Å². The molecule has 0 spiro atoms. The Morgan fingerprint density at radius 1 is 1.38 bits per heavy atom. The van der Waals surface area contributed by atoms with Gasteiger partial charge in [0.2, 0.25) is 0 Å². The van der Waals surface area contributed by atoms with Crippen molar-refractivity contribution in [3.8, 4) is 0 Å². The lowest BCUT2D eigenvalue weighted by atomic mass is 10.2. The SMILES string of the molecule is Cc1cc(CNCCc2cccs2)c(C)o1. The highest BCUT2D eigenvalue weighted by atomic mass is 32.1. The molecule has 0 fully saturated rings. The van der Waals surface area contributed by atoms with Crippen molar-refractivity contribution in [1.82, 2.24) is 5.32 Å². The third-order valence-corrected chi connectivity index (χ3v) is 3.52. The summed E-state index contributed by atoms with van der Waals surface area (Å²) in [6.45, 7) is 5.92. The first kappa shape index (κ1) is 11.4. The fourth-order valence-corrected chi connectivity index (χ4v) is 2.46. The average molecular weight is 235 g/mol. The third kappa shape index (κ3) is 2.97. The van der Waals surface area contributed by atoms with E-state index in [0.29, 0.717) is 0 Å². The maximum absolute atomic E-state index is 5.48. The predicted molar refractivity (Wildman–Crippen MR) is 67.9 cm³/mol. The van der Waals surface area contributed by atoms with E-state index in [-0.39, 0.29) is 0 Å². The van der Waals surface area contributed by atoms with Crippen LogP contribution in [0.2, 0.25) is 0 Å². The molecule has 0 aromatic carbocycles. The van der Waals surface area contributed by atoms with Crippen molar-refractivity contribution in [2.24, 2.45) is 0 Å². The number of aryl methyl sites for hydroxylation is 2. The van der Waals surface area contributed by atoms with E-state index in [2.05, 4.69) is 28.9 Å². The van der Waals surface area contributed by atoms with Crippen molar-refractivity contribution in [3.05, 3.63) is 45.5 Å². The number of hydrogen-bond donors (Lipinski definition) is 1. The van der Waals surface area contributed by atoms with Crippen LogP contribution in [0.3, 0.4) is 0 Å². The van der Waals surface area contributed by atoms with E-state index in [1.54, 1.807) is 0 Å². The van der Waals surface area contributed by atoms with Crippen LogP contribution < -0.4 is 5.32 Å². The van der Waals surface area contributed by atoms with Crippen LogP contribution in [0.4, 0.5) is 0 Å². The van der Waals surface area contributed by atoms with Gasteiger partial charge in [0, 0.05) is 23.5 Å². The summed E-state index contributed by atoms with van der Waals surface area (Å²) >= 11 is 1.82. The number of hydrogen-bond acceptors (Lipinski definition) is 3. The van der Waals surface area contributed by atoms with Crippen molar-refractivity contribution in [3.63, 3.8) is 0 Å². The molecule has 0 aliphatic heterocycles. The predicted octanol–water partition coefficient (Wildman–Crippen LogP) is 3.29. The number of rotatable bonds is 5. The third-order valence-electron chi connectivity index (χ3n) is 2.59. The molecule has 0 aliphatic carbocycles. The molecule has 3 heteroatoms. The average Bonchev–Trinajstić information content (AvgIpc) is 2.84. The van der Waals surface area contributed by atoms with E-state index in [9.17, 15) is 0 Å². The molecule has 0 amide bonds. The summed E-state index contributed by atoms with van der Waals surface area (Å²) in [5.74, 6) is 2.02. The van der Waals surface area contributed by atoms with Gasteiger partial charge in [0.05, 0.1) is 0 Å². The van der Waals surface area contributed by atoms with Gasteiger partial charge in [-0.1, -0.05) is 6.07 Å². The van der Waals surface area contributed by atoms with Crippen LogP contribution in [0.25, 0.3) is 0 Å². The number of nitrogens with one attached hydrogen (secondary N) is 1. The van der Waals surface area contributed by atoms with Gasteiger partial charge in [-0.2, -0.15) is 0 Å². The molecule has 2 rings (SSSR count). The molecule has 0 atom stereocenters. The minimum atomic E-state index is 0.897. The summed E-state index contributed by atoms with van der Waals surface area (Å²) in [5.41, 5.74) is 1.27. The number of furan rings is 1. The van der Waals surface area contributed by atoms with Gasteiger partial charge < -0.3 is 9.73 Å². The molecular weight excluding hydrogens is 218 g/mol. The standard InChI is InChI=1S/C13H17NOS/c1-10-8-12(11(2)15-10)9-14-6-5-13-4-3-7-16-13/h3-4,7-8,14H,5-6,9H2,1-2H3. The summed E-state index contributed by atoms with van der Waals surface area (Å²) < 4.78 is 5.48. The van der Waals surface area contributed by atoms with Gasteiger partial charge in [-0.3, -0.25) is 0 Å². The Morgan fingerprint density at radius 3 is 2.88 bits per heavy atom. The normalized spacial score (nSPS) is 10.9. The van der Waals surface area contributed by atoms with Gasteiger partial charge in [0.1, 0.15) is 11.5 Å². The zero-order valence-electron chi connectivity index (χ0n) is 9.75. The Morgan fingerprint density at radius 2 is 2.25 bits per heavy atom. The van der Waals surface area contributed by atoms with Gasteiger partial charge in [-0.05, 0) is 37.8 Å². The molecule has 2 aromatic heterocycles. The molecule has 2 heterocycles. The first-order valence-corrected chi connectivity index (χ1v) is 6.42. The first-order valence-electron chi connectivity index (χ1n) is 5.54. The van der Waals surface area contributed by atoms with Crippen molar-refractivity contribution in [2.45, 2.75) is 26.8 Å². The van der Waals surface area contributed by atoms with Crippen LogP contribution >= 0.6 is 11.3 Å². The molecule has 16 heavy (non-hydrogen) atoms. The molecule has 0 radical (unpaired) electrons. The van der Waals surface area contributed by atoms with Crippen LogP contribution in [0, 0.1) is 13.8 Å². The zero-order chi connectivity index (χ0) is 11.4. The van der Waals surface area contributed by atoms with E-state index in [4.69, 9.17) is 4.42 Å². The highest BCUT2D eigenvalue weighted by Gasteiger charge is 2.03. The second-order valence-electron chi connectivity index (χ2n) is 3.94. The summed E-state index contributed by atoms with van der Waals surface area (Å²) in [6.07, 6.45) is 1.10. The molecule has 2 aromatic rings. The van der Waals surface area contributed by atoms with E-state index in [1.165, 1.54) is 10.4 Å². The molecule has 2 nitrogen and oxygen atoms in total. The molecule has 0 unspecified atom stereocenters. The Labute approximate surface area is 100 Å². The Kier molecular flexibility index (Phi) is 3.80. The van der Waals surface area contributed by atoms with Crippen LogP contribution in [0.5, 0.6) is 0 Å². The van der Waals surface area contributed by atoms with E-state index >= 15 is 0 Å². The zero-order valence-corrected chi connectivity index (χ0v) is 10.6. The Hall–Kier alpha value is -1.06. The van der Waals surface area contributed by atoms with E-state index in [1.807, 2.05) is 25.2 Å². The molecule has 0 saturated carbocycles. The first-order chi connectivity index (χ1) is 7.75. The summed E-state index contributed by atoms with van der Waals surface area (Å²) in [7, 11) is 0. The van der Waals surface area contributed by atoms with Gasteiger partial charge in [-0.15, -0.1) is 11.3 Å². The maximum Gasteiger partial charge on any atom is 0.105 e. The second-order valence-corrected chi connectivity index (χ2v) is 4.98. The van der Waals surface area contributed by atoms with Crippen molar-refractivity contribution < 1.29 is 4.42 Å². The molecular formula is C13H17NOS. The molecule has 1 N–H and O–H groups in total. The molecule has 86 valence electrons. The minimum absolute atomic E-state index is 0.897. The van der Waals surface area contributed by atoms with Gasteiger partial charge in [0.25, 0.3) is 0 Å². The van der Waals surface area contributed by atoms with Crippen LogP contribution in [-0.2, 0) is 13.0 Å². The second kappa shape index (κ2) is 5.32. The van der Waals surface area contributed by atoms with Crippen molar-refractivity contribution >= 4 is 11.3 Å². The van der Waals surface area contributed by atoms with Gasteiger partial charge in [-0.25, -0.2) is 0 Å². The summed E-state index contributed by atoms with van der Waals surface area (Å²) in [5, 5.41) is 5.56. The number of thiophene rings is 1. The van der Waals surface area contributed by atoms with Gasteiger partial charge in [0.15, 0.2) is 0 Å². The Balaban J connectivity index is 1.74. The lowest BCUT2D eigenvalue weighted by Crippen LogP contribution is -2.16. The van der Waals surface area contributed by atoms with Crippen LogP contribution in [0.15, 0.2) is 28.0 Å². The smallest absolute Gasteiger partial charge is 0.105 e. The van der Waals surface area contributed by atoms with Crippen molar-refractivity contribution in [2.75, 3.05) is 6.54 Å². The van der Waals surface area contributed by atoms with Gasteiger partial charge >= 0.3 is 0 Å². The molecule has 0 bridgehead atoms. The summed E-state index contributed by atoms with van der Waals surface area (Å²) in [4.78, 5) is 1.44. The maximum atomic E-state index is 5.48. The van der Waals surface area contributed by atoms with E-state index < -0.39 is 0 Å². The molecule has 0 aliphatic rings.